The van der Waals surface area contributed by atoms with E-state index >= 15 is 0 Å². The lowest BCUT2D eigenvalue weighted by atomic mass is 10.2. The van der Waals surface area contributed by atoms with Crippen LogP contribution in [-0.4, -0.2) is 38.9 Å². The molecular formula is C15H23NO3. The van der Waals surface area contributed by atoms with Crippen molar-refractivity contribution < 1.29 is 14.2 Å². The highest BCUT2D eigenvalue weighted by molar-refractivity contribution is 5.80. The molecule has 1 aromatic rings. The van der Waals surface area contributed by atoms with Gasteiger partial charge in [-0.1, -0.05) is 12.1 Å². The van der Waals surface area contributed by atoms with Crippen LogP contribution in [0.3, 0.4) is 0 Å². The summed E-state index contributed by atoms with van der Waals surface area (Å²) in [5.74, 6) is 0.859. The molecule has 0 aliphatic heterocycles. The summed E-state index contributed by atoms with van der Waals surface area (Å²) in [5, 5.41) is 0. The molecule has 0 radical (unpaired) electrons. The Morgan fingerprint density at radius 1 is 1.11 bits per heavy atom. The minimum absolute atomic E-state index is 0.263. The molecule has 106 valence electrons. The van der Waals surface area contributed by atoms with E-state index in [1.165, 1.54) is 0 Å². The molecule has 4 heteroatoms. The fourth-order valence-corrected chi connectivity index (χ4v) is 1.62. The highest BCUT2D eigenvalue weighted by Gasteiger charge is 2.05. The SMILES string of the molecule is CCOc1cccc(C=NCC(OCC)OCC)c1. The van der Waals surface area contributed by atoms with E-state index in [0.29, 0.717) is 26.4 Å². The quantitative estimate of drug-likeness (QED) is 0.509. The van der Waals surface area contributed by atoms with Gasteiger partial charge in [0, 0.05) is 19.4 Å². The van der Waals surface area contributed by atoms with Gasteiger partial charge in [0.1, 0.15) is 5.75 Å². The fraction of sp³-hybridized carbons (Fsp3) is 0.533. The summed E-state index contributed by atoms with van der Waals surface area (Å²) in [6.45, 7) is 8.27. The number of rotatable bonds is 9. The minimum atomic E-state index is -0.263. The second kappa shape index (κ2) is 9.53. The molecule has 0 unspecified atom stereocenters. The van der Waals surface area contributed by atoms with Crippen molar-refractivity contribution in [2.24, 2.45) is 4.99 Å². The van der Waals surface area contributed by atoms with Crippen LogP contribution >= 0.6 is 0 Å². The number of hydrogen-bond acceptors (Lipinski definition) is 4. The molecule has 1 aromatic carbocycles. The van der Waals surface area contributed by atoms with Crippen LogP contribution in [0.5, 0.6) is 5.75 Å². The maximum atomic E-state index is 5.44. The van der Waals surface area contributed by atoms with Gasteiger partial charge in [0.25, 0.3) is 0 Å². The normalized spacial score (nSPS) is 11.4. The van der Waals surface area contributed by atoms with Crippen molar-refractivity contribution in [2.75, 3.05) is 26.4 Å². The summed E-state index contributed by atoms with van der Waals surface area (Å²) < 4.78 is 16.3. The lowest BCUT2D eigenvalue weighted by molar-refractivity contribution is -0.128. The zero-order chi connectivity index (χ0) is 13.9. The molecular weight excluding hydrogens is 242 g/mol. The van der Waals surface area contributed by atoms with Gasteiger partial charge in [-0.2, -0.15) is 0 Å². The van der Waals surface area contributed by atoms with Crippen LogP contribution < -0.4 is 4.74 Å². The third-order valence-electron chi connectivity index (χ3n) is 2.37. The van der Waals surface area contributed by atoms with Gasteiger partial charge >= 0.3 is 0 Å². The Morgan fingerprint density at radius 3 is 2.47 bits per heavy atom. The Hall–Kier alpha value is -1.39. The van der Waals surface area contributed by atoms with Gasteiger partial charge in [-0.25, -0.2) is 0 Å². The lowest BCUT2D eigenvalue weighted by Gasteiger charge is -2.14. The highest BCUT2D eigenvalue weighted by atomic mass is 16.7. The first-order valence-corrected chi connectivity index (χ1v) is 6.76. The molecule has 19 heavy (non-hydrogen) atoms. The molecule has 0 saturated heterocycles. The van der Waals surface area contributed by atoms with Gasteiger partial charge in [-0.15, -0.1) is 0 Å². The number of aliphatic imine (C=N–C) groups is 1. The second-order valence-electron chi connectivity index (χ2n) is 3.84. The molecule has 0 aliphatic carbocycles. The largest absolute Gasteiger partial charge is 0.494 e. The van der Waals surface area contributed by atoms with Crippen molar-refractivity contribution in [3.63, 3.8) is 0 Å². The Morgan fingerprint density at radius 2 is 1.84 bits per heavy atom. The van der Waals surface area contributed by atoms with Crippen molar-refractivity contribution in [1.29, 1.82) is 0 Å². The van der Waals surface area contributed by atoms with E-state index in [0.717, 1.165) is 11.3 Å². The topological polar surface area (TPSA) is 40.0 Å². The van der Waals surface area contributed by atoms with Crippen LogP contribution in [-0.2, 0) is 9.47 Å². The molecule has 0 spiro atoms. The Labute approximate surface area is 115 Å². The smallest absolute Gasteiger partial charge is 0.176 e. The summed E-state index contributed by atoms with van der Waals surface area (Å²) in [4.78, 5) is 4.35. The monoisotopic (exact) mass is 265 g/mol. The first kappa shape index (κ1) is 15.7. The van der Waals surface area contributed by atoms with Crippen molar-refractivity contribution in [1.82, 2.24) is 0 Å². The third kappa shape index (κ3) is 6.36. The molecule has 0 bridgehead atoms. The van der Waals surface area contributed by atoms with Gasteiger partial charge < -0.3 is 14.2 Å². The molecule has 1 rings (SSSR count). The number of ether oxygens (including phenoxy) is 3. The zero-order valence-electron chi connectivity index (χ0n) is 12.0. The van der Waals surface area contributed by atoms with E-state index in [-0.39, 0.29) is 6.29 Å². The number of benzene rings is 1. The van der Waals surface area contributed by atoms with Gasteiger partial charge in [0.15, 0.2) is 6.29 Å². The van der Waals surface area contributed by atoms with Gasteiger partial charge in [0.2, 0.25) is 0 Å². The summed E-state index contributed by atoms with van der Waals surface area (Å²) >= 11 is 0. The van der Waals surface area contributed by atoms with Crippen LogP contribution in [0.2, 0.25) is 0 Å². The highest BCUT2D eigenvalue weighted by Crippen LogP contribution is 2.11. The van der Waals surface area contributed by atoms with E-state index in [1.807, 2.05) is 51.3 Å². The molecule has 0 heterocycles. The average molecular weight is 265 g/mol. The van der Waals surface area contributed by atoms with Crippen LogP contribution in [0.4, 0.5) is 0 Å². The van der Waals surface area contributed by atoms with E-state index in [2.05, 4.69) is 4.99 Å². The van der Waals surface area contributed by atoms with Crippen molar-refractivity contribution in [3.05, 3.63) is 29.8 Å². The first-order chi connectivity index (χ1) is 9.30. The number of hydrogen-bond donors (Lipinski definition) is 0. The Balaban J connectivity index is 2.52. The van der Waals surface area contributed by atoms with Crippen LogP contribution in [0, 0.1) is 0 Å². The third-order valence-corrected chi connectivity index (χ3v) is 2.37. The zero-order valence-corrected chi connectivity index (χ0v) is 12.0. The Bertz CT molecular complexity index is 373. The molecule has 0 atom stereocenters. The predicted molar refractivity (Wildman–Crippen MR) is 77.1 cm³/mol. The van der Waals surface area contributed by atoms with Crippen molar-refractivity contribution >= 4 is 6.21 Å². The molecule has 0 aromatic heterocycles. The lowest BCUT2D eigenvalue weighted by Crippen LogP contribution is -2.20. The van der Waals surface area contributed by atoms with E-state index in [1.54, 1.807) is 0 Å². The van der Waals surface area contributed by atoms with E-state index in [9.17, 15) is 0 Å². The maximum absolute atomic E-state index is 5.44. The summed E-state index contributed by atoms with van der Waals surface area (Å²) in [5.41, 5.74) is 1.01. The minimum Gasteiger partial charge on any atom is -0.494 e. The summed E-state index contributed by atoms with van der Waals surface area (Å²) in [7, 11) is 0. The second-order valence-corrected chi connectivity index (χ2v) is 3.84. The molecule has 0 aliphatic rings. The molecule has 0 amide bonds. The molecule has 0 fully saturated rings. The number of nitrogens with zero attached hydrogens (tertiary/aromatic N) is 1. The molecule has 4 nitrogen and oxygen atoms in total. The van der Waals surface area contributed by atoms with Crippen LogP contribution in [0.15, 0.2) is 29.3 Å². The van der Waals surface area contributed by atoms with Crippen LogP contribution in [0.25, 0.3) is 0 Å². The van der Waals surface area contributed by atoms with Gasteiger partial charge in [0.05, 0.1) is 13.2 Å². The standard InChI is InChI=1S/C15H23NO3/c1-4-17-14-9-7-8-13(10-14)11-16-12-15(18-5-2)19-6-3/h7-11,15H,4-6,12H2,1-3H3. The molecule has 0 saturated carbocycles. The van der Waals surface area contributed by atoms with E-state index < -0.39 is 0 Å². The van der Waals surface area contributed by atoms with Gasteiger partial charge in [-0.3, -0.25) is 4.99 Å². The van der Waals surface area contributed by atoms with Crippen molar-refractivity contribution in [3.8, 4) is 5.75 Å². The van der Waals surface area contributed by atoms with Crippen LogP contribution in [0.1, 0.15) is 26.3 Å². The average Bonchev–Trinajstić information content (AvgIpc) is 2.40. The Kier molecular flexibility index (Phi) is 7.86. The summed E-state index contributed by atoms with van der Waals surface area (Å²) in [6.07, 6.45) is 1.55. The van der Waals surface area contributed by atoms with Gasteiger partial charge in [-0.05, 0) is 38.5 Å². The fourth-order valence-electron chi connectivity index (χ4n) is 1.62. The summed E-state index contributed by atoms with van der Waals surface area (Å²) in [6, 6.07) is 7.84. The van der Waals surface area contributed by atoms with Crippen molar-refractivity contribution in [2.45, 2.75) is 27.1 Å². The maximum Gasteiger partial charge on any atom is 0.176 e. The first-order valence-electron chi connectivity index (χ1n) is 6.76. The predicted octanol–water partition coefficient (Wildman–Crippen LogP) is 2.90. The molecule has 0 N–H and O–H groups in total. The van der Waals surface area contributed by atoms with E-state index in [4.69, 9.17) is 14.2 Å².